The molecule has 0 bridgehead atoms. The molecule has 1 N–H and O–H groups in total. The van der Waals surface area contributed by atoms with Crippen molar-refractivity contribution in [1.82, 2.24) is 15.1 Å². The van der Waals surface area contributed by atoms with Gasteiger partial charge in [0, 0.05) is 35.9 Å². The first-order chi connectivity index (χ1) is 7.50. The van der Waals surface area contributed by atoms with Gasteiger partial charge in [-0.15, -0.1) is 0 Å². The summed E-state index contributed by atoms with van der Waals surface area (Å²) in [6.45, 7) is 5.73. The second-order valence-corrected chi connectivity index (χ2v) is 5.98. The highest BCUT2D eigenvalue weighted by atomic mass is 32.2. The summed E-state index contributed by atoms with van der Waals surface area (Å²) in [5, 5.41) is 7.89. The molecule has 2 unspecified atom stereocenters. The number of rotatable bonds is 6. The molecule has 1 rings (SSSR count). The molecule has 0 aromatic carbocycles. The molecule has 1 heterocycles. The fraction of sp³-hybridized carbons (Fsp3) is 0.727. The molecule has 2 atom stereocenters. The predicted octanol–water partition coefficient (Wildman–Crippen LogP) is 0.975. The van der Waals surface area contributed by atoms with E-state index in [-0.39, 0.29) is 5.25 Å². The van der Waals surface area contributed by atoms with Crippen molar-refractivity contribution in [3.63, 3.8) is 0 Å². The maximum absolute atomic E-state index is 11.1. The number of nitrogens with one attached hydrogen (secondary N) is 1. The zero-order chi connectivity index (χ0) is 12.1. The summed E-state index contributed by atoms with van der Waals surface area (Å²) >= 11 is 0. The van der Waals surface area contributed by atoms with E-state index in [9.17, 15) is 4.21 Å². The topological polar surface area (TPSA) is 46.9 Å². The van der Waals surface area contributed by atoms with Crippen molar-refractivity contribution in [2.45, 2.75) is 32.1 Å². The first-order valence-corrected chi connectivity index (χ1v) is 7.15. The molecule has 0 saturated heterocycles. The third-order valence-electron chi connectivity index (χ3n) is 2.70. The van der Waals surface area contributed by atoms with Gasteiger partial charge in [-0.1, -0.05) is 6.92 Å². The second-order valence-electron chi connectivity index (χ2n) is 4.18. The van der Waals surface area contributed by atoms with Gasteiger partial charge in [0.2, 0.25) is 0 Å². The van der Waals surface area contributed by atoms with Gasteiger partial charge >= 0.3 is 0 Å². The number of nitrogens with zero attached hydrogens (tertiary/aromatic N) is 2. The van der Waals surface area contributed by atoms with E-state index < -0.39 is 10.8 Å². The average Bonchev–Trinajstić information content (AvgIpc) is 2.51. The molecule has 0 aliphatic carbocycles. The monoisotopic (exact) mass is 243 g/mol. The summed E-state index contributed by atoms with van der Waals surface area (Å²) in [6, 6.07) is 2.08. The standard InChI is InChI=1S/C11H21N3OS/c1-9-7-11(14(3)13-9)8-12-6-5-10(2)16(4)15/h7,10,12H,5-6,8H2,1-4H3. The van der Waals surface area contributed by atoms with Crippen molar-refractivity contribution in [3.05, 3.63) is 17.5 Å². The molecular formula is C11H21N3OS. The van der Waals surface area contributed by atoms with Gasteiger partial charge in [-0.2, -0.15) is 5.10 Å². The molecule has 0 aliphatic heterocycles. The van der Waals surface area contributed by atoms with Crippen molar-refractivity contribution < 1.29 is 4.21 Å². The van der Waals surface area contributed by atoms with Gasteiger partial charge in [-0.25, -0.2) is 0 Å². The number of hydrogen-bond donors (Lipinski definition) is 1. The van der Waals surface area contributed by atoms with Gasteiger partial charge in [-0.3, -0.25) is 8.89 Å². The van der Waals surface area contributed by atoms with Crippen molar-refractivity contribution in [2.75, 3.05) is 12.8 Å². The van der Waals surface area contributed by atoms with Crippen LogP contribution in [0.15, 0.2) is 6.07 Å². The Morgan fingerprint density at radius 1 is 1.62 bits per heavy atom. The van der Waals surface area contributed by atoms with Gasteiger partial charge in [0.1, 0.15) is 0 Å². The molecule has 1 aromatic rings. The first-order valence-electron chi connectivity index (χ1n) is 5.53. The van der Waals surface area contributed by atoms with Crippen LogP contribution in [0, 0.1) is 6.92 Å². The van der Waals surface area contributed by atoms with Crippen molar-refractivity contribution in [3.8, 4) is 0 Å². The Hall–Kier alpha value is -0.680. The number of aryl methyl sites for hydroxylation is 2. The van der Waals surface area contributed by atoms with E-state index in [0.717, 1.165) is 25.2 Å². The maximum Gasteiger partial charge on any atom is 0.0597 e. The lowest BCUT2D eigenvalue weighted by Crippen LogP contribution is -2.21. The third-order valence-corrected chi connectivity index (χ3v) is 4.07. The lowest BCUT2D eigenvalue weighted by atomic mass is 10.3. The Bertz CT molecular complexity index is 362. The minimum Gasteiger partial charge on any atom is -0.311 e. The zero-order valence-corrected chi connectivity index (χ0v) is 11.3. The second kappa shape index (κ2) is 6.15. The van der Waals surface area contributed by atoms with Crippen molar-refractivity contribution in [2.24, 2.45) is 7.05 Å². The molecule has 0 radical (unpaired) electrons. The third kappa shape index (κ3) is 4.06. The fourth-order valence-electron chi connectivity index (χ4n) is 1.52. The van der Waals surface area contributed by atoms with Gasteiger partial charge in [0.25, 0.3) is 0 Å². The molecule has 0 amide bonds. The van der Waals surface area contributed by atoms with Crippen LogP contribution in [0.2, 0.25) is 0 Å². The molecule has 0 fully saturated rings. The van der Waals surface area contributed by atoms with Gasteiger partial charge in [-0.05, 0) is 26.0 Å². The SMILES string of the molecule is Cc1cc(CNCCC(C)S(C)=O)n(C)n1. The number of aromatic nitrogens is 2. The Labute approximate surface area is 99.9 Å². The molecule has 1 aromatic heterocycles. The minimum absolute atomic E-state index is 0.265. The van der Waals surface area contributed by atoms with E-state index in [1.165, 1.54) is 5.69 Å². The average molecular weight is 243 g/mol. The highest BCUT2D eigenvalue weighted by Crippen LogP contribution is 2.02. The summed E-state index contributed by atoms with van der Waals surface area (Å²) < 4.78 is 13.0. The van der Waals surface area contributed by atoms with Crippen LogP contribution in [-0.4, -0.2) is 32.0 Å². The summed E-state index contributed by atoms with van der Waals surface area (Å²) in [7, 11) is 1.24. The van der Waals surface area contributed by atoms with Gasteiger partial charge in [0.05, 0.1) is 11.4 Å². The molecule has 5 heteroatoms. The Kier molecular flexibility index (Phi) is 5.15. The quantitative estimate of drug-likeness (QED) is 0.758. The van der Waals surface area contributed by atoms with Crippen LogP contribution in [0.3, 0.4) is 0 Å². The molecule has 4 nitrogen and oxygen atoms in total. The normalized spacial score (nSPS) is 15.0. The highest BCUT2D eigenvalue weighted by molar-refractivity contribution is 7.84. The predicted molar refractivity (Wildman–Crippen MR) is 67.8 cm³/mol. The summed E-state index contributed by atoms with van der Waals surface area (Å²) in [5.74, 6) is 0. The van der Waals surface area contributed by atoms with Crippen LogP contribution < -0.4 is 5.32 Å². The van der Waals surface area contributed by atoms with Crippen molar-refractivity contribution in [1.29, 1.82) is 0 Å². The van der Waals surface area contributed by atoms with Crippen LogP contribution >= 0.6 is 0 Å². The molecular weight excluding hydrogens is 222 g/mol. The lowest BCUT2D eigenvalue weighted by molar-refractivity contribution is 0.598. The van der Waals surface area contributed by atoms with Crippen LogP contribution in [0.4, 0.5) is 0 Å². The smallest absolute Gasteiger partial charge is 0.0597 e. The Balaban J connectivity index is 2.26. The molecule has 92 valence electrons. The van der Waals surface area contributed by atoms with E-state index in [2.05, 4.69) is 16.5 Å². The number of hydrogen-bond acceptors (Lipinski definition) is 3. The highest BCUT2D eigenvalue weighted by Gasteiger charge is 2.05. The van der Waals surface area contributed by atoms with Gasteiger partial charge in [0.15, 0.2) is 0 Å². The van der Waals surface area contributed by atoms with Gasteiger partial charge < -0.3 is 5.32 Å². The Morgan fingerprint density at radius 3 is 2.81 bits per heavy atom. The first kappa shape index (κ1) is 13.4. The van der Waals surface area contributed by atoms with Crippen molar-refractivity contribution >= 4 is 10.8 Å². The van der Waals surface area contributed by atoms with E-state index >= 15 is 0 Å². The van der Waals surface area contributed by atoms with E-state index in [4.69, 9.17) is 0 Å². The minimum atomic E-state index is -0.716. The van der Waals surface area contributed by atoms with Crippen LogP contribution in [0.25, 0.3) is 0 Å². The van der Waals surface area contributed by atoms with E-state index in [0.29, 0.717) is 0 Å². The Morgan fingerprint density at radius 2 is 2.31 bits per heavy atom. The molecule has 0 aliphatic rings. The summed E-state index contributed by atoms with van der Waals surface area (Å²) in [4.78, 5) is 0. The summed E-state index contributed by atoms with van der Waals surface area (Å²) in [6.07, 6.45) is 2.70. The van der Waals surface area contributed by atoms with Crippen LogP contribution in [0.5, 0.6) is 0 Å². The largest absolute Gasteiger partial charge is 0.311 e. The van der Waals surface area contributed by atoms with Crippen LogP contribution in [-0.2, 0) is 24.4 Å². The fourth-order valence-corrected chi connectivity index (χ4v) is 1.97. The maximum atomic E-state index is 11.1. The molecule has 0 saturated carbocycles. The van der Waals surface area contributed by atoms with E-state index in [1.54, 1.807) is 6.26 Å². The lowest BCUT2D eigenvalue weighted by Gasteiger charge is -2.09. The van der Waals surface area contributed by atoms with Crippen LogP contribution in [0.1, 0.15) is 24.7 Å². The van der Waals surface area contributed by atoms with E-state index in [1.807, 2.05) is 25.6 Å². The molecule has 16 heavy (non-hydrogen) atoms. The molecule has 0 spiro atoms. The summed E-state index contributed by atoms with van der Waals surface area (Å²) in [5.41, 5.74) is 2.23. The zero-order valence-electron chi connectivity index (χ0n) is 10.5.